The zero-order chi connectivity index (χ0) is 13.3. The van der Waals surface area contributed by atoms with Crippen LogP contribution in [0.2, 0.25) is 18.1 Å². The highest BCUT2D eigenvalue weighted by Gasteiger charge is 2.38. The van der Waals surface area contributed by atoms with Crippen LogP contribution in [0.25, 0.3) is 0 Å². The van der Waals surface area contributed by atoms with Gasteiger partial charge in [-0.3, -0.25) is 0 Å². The van der Waals surface area contributed by atoms with Crippen molar-refractivity contribution in [3.8, 4) is 0 Å². The summed E-state index contributed by atoms with van der Waals surface area (Å²) in [6.45, 7) is 11.5. The van der Waals surface area contributed by atoms with E-state index >= 15 is 0 Å². The lowest BCUT2D eigenvalue weighted by molar-refractivity contribution is -0.107. The van der Waals surface area contributed by atoms with E-state index in [1.54, 1.807) is 0 Å². The van der Waals surface area contributed by atoms with E-state index in [2.05, 4.69) is 39.9 Å². The molecule has 94 valence electrons. The van der Waals surface area contributed by atoms with Gasteiger partial charge in [-0.25, -0.2) is 0 Å². The molecule has 0 aliphatic heterocycles. The molecule has 0 aromatic heterocycles. The molecule has 0 bridgehead atoms. The summed E-state index contributed by atoms with van der Waals surface area (Å²) in [4.78, 5) is 10.8. The third-order valence-corrected chi connectivity index (χ3v) is 9.61. The molecule has 3 heteroatoms. The fourth-order valence-electron chi connectivity index (χ4n) is 1.91. The Labute approximate surface area is 105 Å². The number of anilines is 1. The number of aldehydes is 1. The van der Waals surface area contributed by atoms with Crippen LogP contribution >= 0.6 is 0 Å². The number of carbonyl (C=O) groups is 1. The minimum absolute atomic E-state index is 0.248. The van der Waals surface area contributed by atoms with Crippen LogP contribution in [0.3, 0.4) is 0 Å². The molecule has 0 aliphatic carbocycles. The van der Waals surface area contributed by atoms with Gasteiger partial charge in [-0.1, -0.05) is 51.2 Å². The summed E-state index contributed by atoms with van der Waals surface area (Å²) < 4.78 is 0. The standard InChI is InChI=1S/C14H23NOSi/c1-14(2,3)17(4,5)13-8-6-7-12(15)11(13)9-10-16/h6-8,10H,9,15H2,1-5H3. The molecule has 1 aromatic carbocycles. The van der Waals surface area contributed by atoms with E-state index in [4.69, 9.17) is 5.73 Å². The fraction of sp³-hybridized carbons (Fsp3) is 0.500. The van der Waals surface area contributed by atoms with Crippen LogP contribution in [0, 0.1) is 0 Å². The van der Waals surface area contributed by atoms with E-state index in [1.807, 2.05) is 12.1 Å². The number of hydrogen-bond acceptors (Lipinski definition) is 2. The van der Waals surface area contributed by atoms with Crippen LogP contribution in [0.5, 0.6) is 0 Å². The quantitative estimate of drug-likeness (QED) is 0.508. The average Bonchev–Trinajstić information content (AvgIpc) is 2.19. The highest BCUT2D eigenvalue weighted by molar-refractivity contribution is 6.92. The molecule has 0 fully saturated rings. The first-order valence-electron chi connectivity index (χ1n) is 6.03. The average molecular weight is 249 g/mol. The molecule has 0 heterocycles. The fourth-order valence-corrected chi connectivity index (χ4v) is 4.23. The molecule has 1 aromatic rings. The molecule has 0 spiro atoms. The Balaban J connectivity index is 3.40. The number of rotatable bonds is 3. The van der Waals surface area contributed by atoms with Crippen molar-refractivity contribution in [1.29, 1.82) is 0 Å². The number of hydrogen-bond donors (Lipinski definition) is 1. The van der Waals surface area contributed by atoms with Gasteiger partial charge in [0.15, 0.2) is 0 Å². The summed E-state index contributed by atoms with van der Waals surface area (Å²) in [6.07, 6.45) is 1.37. The molecule has 2 N–H and O–H groups in total. The monoisotopic (exact) mass is 249 g/mol. The summed E-state index contributed by atoms with van der Waals surface area (Å²) in [7, 11) is -1.63. The third kappa shape index (κ3) is 2.60. The van der Waals surface area contributed by atoms with Crippen molar-refractivity contribution in [2.45, 2.75) is 45.3 Å². The minimum atomic E-state index is -1.63. The number of nitrogens with two attached hydrogens (primary N) is 1. The maximum atomic E-state index is 10.8. The van der Waals surface area contributed by atoms with Crippen molar-refractivity contribution in [2.75, 3.05) is 5.73 Å². The van der Waals surface area contributed by atoms with Gasteiger partial charge in [0.1, 0.15) is 6.29 Å². The molecule has 17 heavy (non-hydrogen) atoms. The second kappa shape index (κ2) is 4.65. The van der Waals surface area contributed by atoms with E-state index in [1.165, 1.54) is 5.19 Å². The lowest BCUT2D eigenvalue weighted by Gasteiger charge is -2.38. The highest BCUT2D eigenvalue weighted by atomic mass is 28.3. The van der Waals surface area contributed by atoms with E-state index in [0.717, 1.165) is 17.5 Å². The van der Waals surface area contributed by atoms with Crippen LogP contribution < -0.4 is 10.9 Å². The molecule has 0 radical (unpaired) electrons. The van der Waals surface area contributed by atoms with E-state index in [-0.39, 0.29) is 5.04 Å². The van der Waals surface area contributed by atoms with Gasteiger partial charge in [-0.15, -0.1) is 0 Å². The summed E-state index contributed by atoms with van der Waals surface area (Å²) in [6, 6.07) is 6.03. The summed E-state index contributed by atoms with van der Waals surface area (Å²) in [5.74, 6) is 0. The topological polar surface area (TPSA) is 43.1 Å². The Hall–Kier alpha value is -1.09. The highest BCUT2D eigenvalue weighted by Crippen LogP contribution is 2.36. The van der Waals surface area contributed by atoms with Gasteiger partial charge in [0.25, 0.3) is 0 Å². The molecular weight excluding hydrogens is 226 g/mol. The smallest absolute Gasteiger partial charge is 0.124 e. The van der Waals surface area contributed by atoms with Gasteiger partial charge in [-0.05, 0) is 16.7 Å². The summed E-state index contributed by atoms with van der Waals surface area (Å²) in [5.41, 5.74) is 7.80. The van der Waals surface area contributed by atoms with Gasteiger partial charge < -0.3 is 10.5 Å². The number of carbonyl (C=O) groups excluding carboxylic acids is 1. The molecular formula is C14H23NOSi. The first-order chi connectivity index (χ1) is 7.71. The van der Waals surface area contributed by atoms with Crippen LogP contribution in [-0.4, -0.2) is 14.4 Å². The Morgan fingerprint density at radius 3 is 2.35 bits per heavy atom. The molecule has 0 saturated heterocycles. The second-order valence-corrected chi connectivity index (χ2v) is 11.4. The molecule has 1 rings (SSSR count). The van der Waals surface area contributed by atoms with Gasteiger partial charge in [0, 0.05) is 12.1 Å². The van der Waals surface area contributed by atoms with Crippen LogP contribution in [-0.2, 0) is 11.2 Å². The van der Waals surface area contributed by atoms with Crippen molar-refractivity contribution in [3.63, 3.8) is 0 Å². The van der Waals surface area contributed by atoms with Gasteiger partial charge in [0.2, 0.25) is 0 Å². The van der Waals surface area contributed by atoms with Crippen LogP contribution in [0.1, 0.15) is 26.3 Å². The first kappa shape index (κ1) is 14.0. The van der Waals surface area contributed by atoms with Crippen molar-refractivity contribution in [1.82, 2.24) is 0 Å². The maximum absolute atomic E-state index is 10.8. The summed E-state index contributed by atoms with van der Waals surface area (Å²) in [5, 5.41) is 1.57. The van der Waals surface area contributed by atoms with Crippen molar-refractivity contribution < 1.29 is 4.79 Å². The Morgan fingerprint density at radius 2 is 1.88 bits per heavy atom. The Kier molecular flexibility index (Phi) is 3.82. The zero-order valence-corrected chi connectivity index (χ0v) is 12.5. The molecule has 0 saturated carbocycles. The predicted molar refractivity (Wildman–Crippen MR) is 77.5 cm³/mol. The van der Waals surface area contributed by atoms with E-state index in [0.29, 0.717) is 6.42 Å². The third-order valence-electron chi connectivity index (χ3n) is 4.05. The lowest BCUT2D eigenvalue weighted by Crippen LogP contribution is -2.51. The van der Waals surface area contributed by atoms with Crippen molar-refractivity contribution in [2.24, 2.45) is 0 Å². The van der Waals surface area contributed by atoms with Crippen LogP contribution in [0.15, 0.2) is 18.2 Å². The Bertz CT molecular complexity index is 419. The maximum Gasteiger partial charge on any atom is 0.124 e. The number of benzene rings is 1. The zero-order valence-electron chi connectivity index (χ0n) is 11.5. The van der Waals surface area contributed by atoms with Gasteiger partial charge >= 0.3 is 0 Å². The minimum Gasteiger partial charge on any atom is -0.398 e. The molecule has 2 nitrogen and oxygen atoms in total. The van der Waals surface area contributed by atoms with Crippen molar-refractivity contribution in [3.05, 3.63) is 23.8 Å². The van der Waals surface area contributed by atoms with Gasteiger partial charge in [0.05, 0.1) is 8.07 Å². The molecule has 0 atom stereocenters. The molecule has 0 unspecified atom stereocenters. The lowest BCUT2D eigenvalue weighted by atomic mass is 10.1. The predicted octanol–water partition coefficient (Wildman–Crippen LogP) is 2.73. The SMILES string of the molecule is CC(C)(C)[Si](C)(C)c1cccc(N)c1CC=O. The molecule has 0 aliphatic rings. The summed E-state index contributed by atoms with van der Waals surface area (Å²) >= 11 is 0. The molecule has 0 amide bonds. The normalized spacial score (nSPS) is 12.5. The van der Waals surface area contributed by atoms with Crippen molar-refractivity contribution >= 4 is 25.2 Å². The van der Waals surface area contributed by atoms with E-state index in [9.17, 15) is 4.79 Å². The van der Waals surface area contributed by atoms with Gasteiger partial charge in [-0.2, -0.15) is 0 Å². The Morgan fingerprint density at radius 1 is 1.29 bits per heavy atom. The van der Waals surface area contributed by atoms with E-state index < -0.39 is 8.07 Å². The second-order valence-electron chi connectivity index (χ2n) is 6.12. The first-order valence-corrected chi connectivity index (χ1v) is 9.03. The largest absolute Gasteiger partial charge is 0.398 e. The van der Waals surface area contributed by atoms with Crippen LogP contribution in [0.4, 0.5) is 5.69 Å². The number of nitrogen functional groups attached to an aromatic ring is 1.